The summed E-state index contributed by atoms with van der Waals surface area (Å²) in [5.41, 5.74) is 0.678. The minimum absolute atomic E-state index is 0.0777. The van der Waals surface area contributed by atoms with Crippen LogP contribution >= 0.6 is 0 Å². The van der Waals surface area contributed by atoms with E-state index in [1.165, 1.54) is 0 Å². The van der Waals surface area contributed by atoms with E-state index in [2.05, 4.69) is 5.32 Å². The highest BCUT2D eigenvalue weighted by molar-refractivity contribution is 5.64. The summed E-state index contributed by atoms with van der Waals surface area (Å²) in [6.45, 7) is 0.174. The van der Waals surface area contributed by atoms with E-state index in [4.69, 9.17) is 9.47 Å². The molecule has 0 atom stereocenters. The van der Waals surface area contributed by atoms with Crippen LogP contribution in [0, 0.1) is 11.6 Å². The molecule has 18 heavy (non-hydrogen) atoms. The first kappa shape index (κ1) is 10.8. The molecule has 0 spiro atoms. The average Bonchev–Trinajstić information content (AvgIpc) is 2.81. The first-order chi connectivity index (χ1) is 8.72. The van der Waals surface area contributed by atoms with Gasteiger partial charge in [-0.2, -0.15) is 0 Å². The molecule has 0 aromatic heterocycles. The third-order valence-electron chi connectivity index (χ3n) is 2.58. The van der Waals surface area contributed by atoms with E-state index in [1.807, 2.05) is 0 Å². The normalized spacial score (nSPS) is 12.6. The van der Waals surface area contributed by atoms with Crippen LogP contribution in [-0.2, 0) is 0 Å². The number of ether oxygens (including phenoxy) is 2. The second kappa shape index (κ2) is 4.18. The lowest BCUT2D eigenvalue weighted by Gasteiger charge is -2.08. The summed E-state index contributed by atoms with van der Waals surface area (Å²) < 4.78 is 36.8. The van der Waals surface area contributed by atoms with E-state index in [1.54, 1.807) is 18.2 Å². The molecular formula is C13H9F2NO2. The molecule has 0 saturated heterocycles. The molecular weight excluding hydrogens is 240 g/mol. The van der Waals surface area contributed by atoms with Gasteiger partial charge in [-0.25, -0.2) is 8.78 Å². The van der Waals surface area contributed by atoms with Gasteiger partial charge in [-0.1, -0.05) is 0 Å². The first-order valence-corrected chi connectivity index (χ1v) is 5.34. The molecule has 0 bridgehead atoms. The number of nitrogens with one attached hydrogen (secondary N) is 1. The van der Waals surface area contributed by atoms with Gasteiger partial charge in [-0.05, 0) is 24.3 Å². The number of halogens is 2. The smallest absolute Gasteiger partial charge is 0.231 e. The molecule has 2 aromatic rings. The molecule has 92 valence electrons. The van der Waals surface area contributed by atoms with Crippen molar-refractivity contribution in [1.82, 2.24) is 0 Å². The highest BCUT2D eigenvalue weighted by atomic mass is 19.1. The Kier molecular flexibility index (Phi) is 2.51. The van der Waals surface area contributed by atoms with Gasteiger partial charge in [0.15, 0.2) is 11.5 Å². The first-order valence-electron chi connectivity index (χ1n) is 5.34. The molecule has 0 radical (unpaired) electrons. The fraction of sp³-hybridized carbons (Fsp3) is 0.0769. The predicted molar refractivity (Wildman–Crippen MR) is 62.2 cm³/mol. The molecule has 3 nitrogen and oxygen atoms in total. The maximum Gasteiger partial charge on any atom is 0.231 e. The summed E-state index contributed by atoms with van der Waals surface area (Å²) in [6.07, 6.45) is 0. The number of fused-ring (bicyclic) bond motifs is 1. The van der Waals surface area contributed by atoms with Crippen LogP contribution in [0.3, 0.4) is 0 Å². The van der Waals surface area contributed by atoms with Crippen LogP contribution in [0.1, 0.15) is 0 Å². The summed E-state index contributed by atoms with van der Waals surface area (Å²) >= 11 is 0. The number of hydrogen-bond donors (Lipinski definition) is 1. The Balaban J connectivity index is 1.90. The highest BCUT2D eigenvalue weighted by Gasteiger charge is 2.13. The molecule has 0 aliphatic carbocycles. The third kappa shape index (κ3) is 1.95. The van der Waals surface area contributed by atoms with Crippen molar-refractivity contribution in [2.45, 2.75) is 0 Å². The molecule has 5 heteroatoms. The fourth-order valence-electron chi connectivity index (χ4n) is 1.72. The van der Waals surface area contributed by atoms with Crippen molar-refractivity contribution in [2.75, 3.05) is 12.1 Å². The van der Waals surface area contributed by atoms with E-state index in [0.29, 0.717) is 17.2 Å². The van der Waals surface area contributed by atoms with Crippen LogP contribution in [0.5, 0.6) is 11.5 Å². The lowest BCUT2D eigenvalue weighted by molar-refractivity contribution is 0.174. The monoisotopic (exact) mass is 249 g/mol. The molecule has 2 aromatic carbocycles. The van der Waals surface area contributed by atoms with Gasteiger partial charge in [0.25, 0.3) is 0 Å². The van der Waals surface area contributed by atoms with Gasteiger partial charge in [0.05, 0.1) is 5.69 Å². The standard InChI is InChI=1S/C13H9F2NO2/c14-8-1-3-10(15)11(5-8)16-9-2-4-12-13(6-9)18-7-17-12/h1-6,16H,7H2. The molecule has 0 saturated carbocycles. The van der Waals surface area contributed by atoms with Gasteiger partial charge in [-0.3, -0.25) is 0 Å². The lowest BCUT2D eigenvalue weighted by atomic mass is 10.2. The van der Waals surface area contributed by atoms with E-state index in [-0.39, 0.29) is 12.5 Å². The van der Waals surface area contributed by atoms with Crippen molar-refractivity contribution in [3.63, 3.8) is 0 Å². The number of benzene rings is 2. The van der Waals surface area contributed by atoms with E-state index in [0.717, 1.165) is 18.2 Å². The molecule has 0 fully saturated rings. The minimum atomic E-state index is -0.519. The number of hydrogen-bond acceptors (Lipinski definition) is 3. The topological polar surface area (TPSA) is 30.5 Å². The van der Waals surface area contributed by atoms with Crippen LogP contribution < -0.4 is 14.8 Å². The average molecular weight is 249 g/mol. The zero-order valence-electron chi connectivity index (χ0n) is 9.24. The fourth-order valence-corrected chi connectivity index (χ4v) is 1.72. The Hall–Kier alpha value is -2.30. The van der Waals surface area contributed by atoms with Crippen LogP contribution in [-0.4, -0.2) is 6.79 Å². The van der Waals surface area contributed by atoms with Crippen molar-refractivity contribution >= 4 is 11.4 Å². The molecule has 0 amide bonds. The van der Waals surface area contributed by atoms with Crippen molar-refractivity contribution in [2.24, 2.45) is 0 Å². The van der Waals surface area contributed by atoms with E-state index in [9.17, 15) is 8.78 Å². The Morgan fingerprint density at radius 2 is 1.78 bits per heavy atom. The molecule has 1 heterocycles. The third-order valence-corrected chi connectivity index (χ3v) is 2.58. The number of anilines is 2. The second-order valence-corrected chi connectivity index (χ2v) is 3.82. The Bertz CT molecular complexity index is 602. The lowest BCUT2D eigenvalue weighted by Crippen LogP contribution is -1.95. The zero-order valence-corrected chi connectivity index (χ0v) is 9.24. The SMILES string of the molecule is Fc1ccc(F)c(Nc2ccc3c(c2)OCO3)c1. The van der Waals surface area contributed by atoms with Crippen molar-refractivity contribution in [3.8, 4) is 11.5 Å². The highest BCUT2D eigenvalue weighted by Crippen LogP contribution is 2.35. The summed E-state index contributed by atoms with van der Waals surface area (Å²) in [4.78, 5) is 0. The van der Waals surface area contributed by atoms with Gasteiger partial charge < -0.3 is 14.8 Å². The van der Waals surface area contributed by atoms with Gasteiger partial charge in [0.1, 0.15) is 11.6 Å². The summed E-state index contributed by atoms with van der Waals surface area (Å²) in [6, 6.07) is 8.33. The van der Waals surface area contributed by atoms with Crippen molar-refractivity contribution in [3.05, 3.63) is 48.0 Å². The largest absolute Gasteiger partial charge is 0.454 e. The summed E-state index contributed by atoms with van der Waals surface area (Å²) in [5, 5.41) is 2.79. The van der Waals surface area contributed by atoms with Gasteiger partial charge >= 0.3 is 0 Å². The molecule has 3 rings (SSSR count). The Morgan fingerprint density at radius 3 is 2.67 bits per heavy atom. The van der Waals surface area contributed by atoms with Crippen LogP contribution in [0.4, 0.5) is 20.2 Å². The van der Waals surface area contributed by atoms with Gasteiger partial charge in [-0.15, -0.1) is 0 Å². The number of rotatable bonds is 2. The maximum absolute atomic E-state index is 13.4. The van der Waals surface area contributed by atoms with Gasteiger partial charge in [0, 0.05) is 17.8 Å². The zero-order chi connectivity index (χ0) is 12.5. The molecule has 1 aliphatic heterocycles. The van der Waals surface area contributed by atoms with E-state index >= 15 is 0 Å². The molecule has 1 N–H and O–H groups in total. The Morgan fingerprint density at radius 1 is 0.944 bits per heavy atom. The summed E-state index contributed by atoms with van der Waals surface area (Å²) in [7, 11) is 0. The summed E-state index contributed by atoms with van der Waals surface area (Å²) in [5.74, 6) is 0.200. The minimum Gasteiger partial charge on any atom is -0.454 e. The molecule has 0 unspecified atom stereocenters. The molecule has 1 aliphatic rings. The van der Waals surface area contributed by atoms with Gasteiger partial charge in [0.2, 0.25) is 6.79 Å². The van der Waals surface area contributed by atoms with Crippen molar-refractivity contribution < 1.29 is 18.3 Å². The second-order valence-electron chi connectivity index (χ2n) is 3.82. The van der Waals surface area contributed by atoms with E-state index < -0.39 is 11.6 Å². The quantitative estimate of drug-likeness (QED) is 0.884. The maximum atomic E-state index is 13.4. The van der Waals surface area contributed by atoms with Crippen LogP contribution in [0.15, 0.2) is 36.4 Å². The van der Waals surface area contributed by atoms with Crippen LogP contribution in [0.25, 0.3) is 0 Å². The van der Waals surface area contributed by atoms with Crippen molar-refractivity contribution in [1.29, 1.82) is 0 Å². The Labute approximate surface area is 102 Å². The van der Waals surface area contributed by atoms with Crippen LogP contribution in [0.2, 0.25) is 0 Å². The predicted octanol–water partition coefficient (Wildman–Crippen LogP) is 3.44.